The van der Waals surface area contributed by atoms with E-state index in [4.69, 9.17) is 0 Å². The SMILES string of the molecule is CCCCN(CCCC)/N=C\C=C(C)C. The fraction of sp³-hybridized carbons (Fsp3) is 0.769. The third-order valence-corrected chi connectivity index (χ3v) is 2.18. The number of unbranched alkanes of at least 4 members (excludes halogenated alkanes) is 2. The predicted molar refractivity (Wildman–Crippen MR) is 69.3 cm³/mol. The molecular formula is C13H26N2. The van der Waals surface area contributed by atoms with Gasteiger partial charge in [0.2, 0.25) is 0 Å². The Morgan fingerprint density at radius 2 is 1.60 bits per heavy atom. The van der Waals surface area contributed by atoms with Crippen molar-refractivity contribution in [3.63, 3.8) is 0 Å². The van der Waals surface area contributed by atoms with Crippen LogP contribution in [-0.4, -0.2) is 24.3 Å². The summed E-state index contributed by atoms with van der Waals surface area (Å²) in [5, 5.41) is 6.66. The molecule has 0 aromatic carbocycles. The molecule has 0 aliphatic heterocycles. The lowest BCUT2D eigenvalue weighted by Crippen LogP contribution is -2.20. The Labute approximate surface area is 95.1 Å². The van der Waals surface area contributed by atoms with Gasteiger partial charge >= 0.3 is 0 Å². The van der Waals surface area contributed by atoms with Gasteiger partial charge in [-0.1, -0.05) is 32.3 Å². The summed E-state index contributed by atoms with van der Waals surface area (Å²) in [4.78, 5) is 0. The van der Waals surface area contributed by atoms with Crippen LogP contribution in [0.2, 0.25) is 0 Å². The maximum atomic E-state index is 4.47. The third kappa shape index (κ3) is 9.51. The van der Waals surface area contributed by atoms with Crippen molar-refractivity contribution in [2.24, 2.45) is 5.10 Å². The molecule has 15 heavy (non-hydrogen) atoms. The van der Waals surface area contributed by atoms with Crippen molar-refractivity contribution in [3.8, 4) is 0 Å². The van der Waals surface area contributed by atoms with Crippen LogP contribution in [0, 0.1) is 0 Å². The van der Waals surface area contributed by atoms with Gasteiger partial charge < -0.3 is 0 Å². The van der Waals surface area contributed by atoms with Crippen molar-refractivity contribution in [1.29, 1.82) is 0 Å². The minimum atomic E-state index is 1.09. The van der Waals surface area contributed by atoms with Crippen molar-refractivity contribution in [3.05, 3.63) is 11.6 Å². The molecule has 0 fully saturated rings. The summed E-state index contributed by atoms with van der Waals surface area (Å²) in [7, 11) is 0. The Bertz CT molecular complexity index is 183. The van der Waals surface area contributed by atoms with Crippen LogP contribution < -0.4 is 0 Å². The zero-order valence-electron chi connectivity index (χ0n) is 10.8. The largest absolute Gasteiger partial charge is 0.297 e. The maximum absolute atomic E-state index is 4.47. The van der Waals surface area contributed by atoms with E-state index < -0.39 is 0 Å². The van der Waals surface area contributed by atoms with Gasteiger partial charge in [-0.3, -0.25) is 5.01 Å². The first-order chi connectivity index (χ1) is 7.20. The molecule has 88 valence electrons. The highest BCUT2D eigenvalue weighted by molar-refractivity contribution is 5.71. The second-order valence-electron chi connectivity index (χ2n) is 4.17. The van der Waals surface area contributed by atoms with Gasteiger partial charge in [-0.25, -0.2) is 0 Å². The molecule has 0 heterocycles. The minimum Gasteiger partial charge on any atom is -0.297 e. The molecule has 0 aromatic rings. The molecule has 2 nitrogen and oxygen atoms in total. The van der Waals surface area contributed by atoms with Crippen LogP contribution in [0.3, 0.4) is 0 Å². The van der Waals surface area contributed by atoms with E-state index in [1.165, 1.54) is 31.3 Å². The summed E-state index contributed by atoms with van der Waals surface area (Å²) in [6.45, 7) is 10.8. The van der Waals surface area contributed by atoms with Crippen molar-refractivity contribution in [2.75, 3.05) is 13.1 Å². The summed E-state index contributed by atoms with van der Waals surface area (Å²) in [6, 6.07) is 0. The lowest BCUT2D eigenvalue weighted by atomic mass is 10.3. The molecule has 0 amide bonds. The first-order valence-electron chi connectivity index (χ1n) is 6.13. The number of hydrogen-bond acceptors (Lipinski definition) is 2. The van der Waals surface area contributed by atoms with Gasteiger partial charge in [-0.15, -0.1) is 0 Å². The Morgan fingerprint density at radius 1 is 1.07 bits per heavy atom. The molecule has 0 saturated carbocycles. The summed E-state index contributed by atoms with van der Waals surface area (Å²) in [5.74, 6) is 0. The average molecular weight is 210 g/mol. The van der Waals surface area contributed by atoms with E-state index in [1.807, 2.05) is 6.21 Å². The fourth-order valence-electron chi connectivity index (χ4n) is 1.19. The van der Waals surface area contributed by atoms with Gasteiger partial charge in [0.1, 0.15) is 0 Å². The van der Waals surface area contributed by atoms with Crippen LogP contribution in [0.5, 0.6) is 0 Å². The summed E-state index contributed by atoms with van der Waals surface area (Å²) >= 11 is 0. The van der Waals surface area contributed by atoms with Gasteiger partial charge in [-0.2, -0.15) is 5.10 Å². The standard InChI is InChI=1S/C13H26N2/c1-5-7-11-15(12-8-6-2)14-10-9-13(3)4/h9-10H,5-8,11-12H2,1-4H3/b14-10-. The lowest BCUT2D eigenvalue weighted by Gasteiger charge is -2.17. The average Bonchev–Trinajstić information content (AvgIpc) is 2.20. The molecular weight excluding hydrogens is 184 g/mol. The monoisotopic (exact) mass is 210 g/mol. The number of rotatable bonds is 8. The van der Waals surface area contributed by atoms with Crippen LogP contribution >= 0.6 is 0 Å². The van der Waals surface area contributed by atoms with E-state index >= 15 is 0 Å². The molecule has 0 rings (SSSR count). The maximum Gasteiger partial charge on any atom is 0.0469 e. The van der Waals surface area contributed by atoms with E-state index in [0.717, 1.165) is 13.1 Å². The van der Waals surface area contributed by atoms with Crippen molar-refractivity contribution in [1.82, 2.24) is 5.01 Å². The van der Waals surface area contributed by atoms with Crippen LogP contribution in [0.1, 0.15) is 53.4 Å². The second-order valence-corrected chi connectivity index (χ2v) is 4.17. The van der Waals surface area contributed by atoms with Crippen LogP contribution in [0.25, 0.3) is 0 Å². The molecule has 0 spiro atoms. The highest BCUT2D eigenvalue weighted by atomic mass is 15.4. The van der Waals surface area contributed by atoms with Gasteiger partial charge in [0.05, 0.1) is 0 Å². The quantitative estimate of drug-likeness (QED) is 0.439. The summed E-state index contributed by atoms with van der Waals surface area (Å²) in [6.07, 6.45) is 8.92. The topological polar surface area (TPSA) is 15.6 Å². The van der Waals surface area contributed by atoms with Gasteiger partial charge in [0.25, 0.3) is 0 Å². The van der Waals surface area contributed by atoms with Crippen molar-refractivity contribution < 1.29 is 0 Å². The third-order valence-electron chi connectivity index (χ3n) is 2.18. The molecule has 0 saturated heterocycles. The smallest absolute Gasteiger partial charge is 0.0469 e. The molecule has 2 heteroatoms. The zero-order valence-corrected chi connectivity index (χ0v) is 10.8. The lowest BCUT2D eigenvalue weighted by molar-refractivity contribution is 0.280. The van der Waals surface area contributed by atoms with Crippen LogP contribution in [0.4, 0.5) is 0 Å². The molecule has 0 unspecified atom stereocenters. The molecule has 0 radical (unpaired) electrons. The number of allylic oxidation sites excluding steroid dienone is 2. The van der Waals surface area contributed by atoms with Gasteiger partial charge in [-0.05, 0) is 32.8 Å². The van der Waals surface area contributed by atoms with Crippen molar-refractivity contribution >= 4 is 6.21 Å². The van der Waals surface area contributed by atoms with E-state index in [9.17, 15) is 0 Å². The first kappa shape index (κ1) is 14.2. The van der Waals surface area contributed by atoms with Gasteiger partial charge in [0.15, 0.2) is 0 Å². The van der Waals surface area contributed by atoms with Crippen LogP contribution in [0.15, 0.2) is 16.8 Å². The Hall–Kier alpha value is -0.790. The number of nitrogens with zero attached hydrogens (tertiary/aromatic N) is 2. The fourth-order valence-corrected chi connectivity index (χ4v) is 1.19. The van der Waals surface area contributed by atoms with E-state index in [0.29, 0.717) is 0 Å². The zero-order chi connectivity index (χ0) is 11.5. The normalized spacial score (nSPS) is 10.7. The highest BCUT2D eigenvalue weighted by Gasteiger charge is 1.97. The second kappa shape index (κ2) is 9.75. The molecule has 0 aliphatic rings. The van der Waals surface area contributed by atoms with E-state index in [-0.39, 0.29) is 0 Å². The number of hydrazone groups is 1. The molecule has 0 aromatic heterocycles. The van der Waals surface area contributed by atoms with Crippen molar-refractivity contribution in [2.45, 2.75) is 53.4 Å². The summed E-state index contributed by atoms with van der Waals surface area (Å²) in [5.41, 5.74) is 1.30. The summed E-state index contributed by atoms with van der Waals surface area (Å²) < 4.78 is 0. The molecule has 0 bridgehead atoms. The highest BCUT2D eigenvalue weighted by Crippen LogP contribution is 1.99. The number of hydrogen-bond donors (Lipinski definition) is 0. The molecule has 0 N–H and O–H groups in total. The van der Waals surface area contributed by atoms with Crippen LogP contribution in [-0.2, 0) is 0 Å². The first-order valence-corrected chi connectivity index (χ1v) is 6.13. The van der Waals surface area contributed by atoms with Gasteiger partial charge in [0, 0.05) is 19.3 Å². The predicted octanol–water partition coefficient (Wildman–Crippen LogP) is 3.84. The van der Waals surface area contributed by atoms with E-state index in [2.05, 4.69) is 43.9 Å². The molecule has 0 atom stereocenters. The Kier molecular flexibility index (Phi) is 9.24. The molecule has 0 aliphatic carbocycles. The Morgan fingerprint density at radius 3 is 2.00 bits per heavy atom. The minimum absolute atomic E-state index is 1.09. The van der Waals surface area contributed by atoms with E-state index in [1.54, 1.807) is 0 Å². The Balaban J connectivity index is 3.98.